The van der Waals surface area contributed by atoms with E-state index in [-0.39, 0.29) is 43.4 Å². The first-order valence-corrected chi connectivity index (χ1v) is 14.5. The first-order chi connectivity index (χ1) is 18.3. The predicted octanol–water partition coefficient (Wildman–Crippen LogP) is 4.59. The smallest absolute Gasteiger partial charge is 0.416 e. The van der Waals surface area contributed by atoms with E-state index in [9.17, 15) is 31.2 Å². The van der Waals surface area contributed by atoms with E-state index in [0.29, 0.717) is 12.3 Å². The van der Waals surface area contributed by atoms with Gasteiger partial charge in [0.15, 0.2) is 0 Å². The Morgan fingerprint density at radius 1 is 1.08 bits per heavy atom. The summed E-state index contributed by atoms with van der Waals surface area (Å²) >= 11 is 0. The summed E-state index contributed by atoms with van der Waals surface area (Å²) in [7, 11) is -2.40. The lowest BCUT2D eigenvalue weighted by atomic mass is 10.1. The van der Waals surface area contributed by atoms with Crippen LogP contribution in [0.15, 0.2) is 48.5 Å². The maximum atomic E-state index is 13.3. The molecule has 0 aliphatic carbocycles. The number of carbonyl (C=O) groups is 2. The van der Waals surface area contributed by atoms with E-state index in [2.05, 4.69) is 5.32 Å². The number of benzene rings is 2. The van der Waals surface area contributed by atoms with Crippen LogP contribution >= 0.6 is 0 Å². The highest BCUT2D eigenvalue weighted by atomic mass is 32.2. The van der Waals surface area contributed by atoms with E-state index in [1.165, 1.54) is 18.1 Å². The van der Waals surface area contributed by atoms with Crippen LogP contribution in [0.4, 0.5) is 18.9 Å². The first kappa shape index (κ1) is 31.9. The van der Waals surface area contributed by atoms with E-state index >= 15 is 0 Å². The Morgan fingerprint density at radius 3 is 2.31 bits per heavy atom. The van der Waals surface area contributed by atoms with Crippen LogP contribution < -0.4 is 14.4 Å². The van der Waals surface area contributed by atoms with E-state index in [0.717, 1.165) is 47.2 Å². The Bertz CT molecular complexity index is 1200. The number of halogens is 3. The van der Waals surface area contributed by atoms with Gasteiger partial charge in [0.1, 0.15) is 11.8 Å². The van der Waals surface area contributed by atoms with E-state index < -0.39 is 27.8 Å². The second kappa shape index (κ2) is 14.2. The average molecular weight is 572 g/mol. The summed E-state index contributed by atoms with van der Waals surface area (Å²) in [6, 6.07) is 10.3. The number of nitrogens with zero attached hydrogens (tertiary/aromatic N) is 2. The summed E-state index contributed by atoms with van der Waals surface area (Å²) in [6.45, 7) is 4.01. The standard InChI is InChI=1S/C27H36F3N3O5S/c1-5-6-16-31-26(35)20(2)32(19-21-12-14-24(38-3)15-13-21)25(34)11-8-17-33(39(4,36)37)23-10-7-9-22(18-23)27(28,29)30/h7,9-10,12-15,18,20H,5-6,8,11,16-17,19H2,1-4H3,(H,31,35)/t20-/m1/s1. The minimum Gasteiger partial charge on any atom is -0.497 e. The molecule has 0 fully saturated rings. The minimum atomic E-state index is -4.63. The Labute approximate surface area is 228 Å². The molecule has 12 heteroatoms. The van der Waals surface area contributed by atoms with Gasteiger partial charge in [-0.1, -0.05) is 31.5 Å². The topological polar surface area (TPSA) is 96.0 Å². The van der Waals surface area contributed by atoms with Crippen LogP contribution in [0, 0.1) is 0 Å². The second-order valence-electron chi connectivity index (χ2n) is 9.18. The van der Waals surface area contributed by atoms with Gasteiger partial charge in [0.25, 0.3) is 0 Å². The SMILES string of the molecule is CCCCNC(=O)[C@@H](C)N(Cc1ccc(OC)cc1)C(=O)CCCN(c1cccc(C(F)(F)F)c1)S(C)(=O)=O. The molecule has 2 rings (SSSR count). The lowest BCUT2D eigenvalue weighted by molar-refractivity contribution is -0.140. The second-order valence-corrected chi connectivity index (χ2v) is 11.1. The van der Waals surface area contributed by atoms with Gasteiger partial charge in [-0.05, 0) is 55.7 Å². The number of sulfonamides is 1. The van der Waals surface area contributed by atoms with Crippen molar-refractivity contribution in [3.8, 4) is 5.75 Å². The highest BCUT2D eigenvalue weighted by Crippen LogP contribution is 2.32. The minimum absolute atomic E-state index is 0.0332. The Kier molecular flexibility index (Phi) is 11.6. The number of ether oxygens (including phenoxy) is 1. The summed E-state index contributed by atoms with van der Waals surface area (Å²) in [5, 5.41) is 2.82. The summed E-state index contributed by atoms with van der Waals surface area (Å²) in [5.41, 5.74) is -0.351. The lowest BCUT2D eigenvalue weighted by Gasteiger charge is -2.29. The number of carbonyl (C=O) groups excluding carboxylic acids is 2. The molecule has 0 aromatic heterocycles. The summed E-state index contributed by atoms with van der Waals surface area (Å²) in [6.07, 6.45) is -2.13. The third-order valence-electron chi connectivity index (χ3n) is 6.12. The molecule has 0 radical (unpaired) electrons. The van der Waals surface area contributed by atoms with Crippen molar-refractivity contribution in [3.05, 3.63) is 59.7 Å². The van der Waals surface area contributed by atoms with Gasteiger partial charge in [0.05, 0.1) is 24.6 Å². The molecule has 2 aromatic carbocycles. The molecule has 0 saturated heterocycles. The van der Waals surface area contributed by atoms with Gasteiger partial charge in [0.2, 0.25) is 21.8 Å². The molecule has 0 aliphatic rings. The van der Waals surface area contributed by atoms with Crippen molar-refractivity contribution in [3.63, 3.8) is 0 Å². The molecule has 0 spiro atoms. The number of unbranched alkanes of at least 4 members (excludes halogenated alkanes) is 1. The van der Waals surface area contributed by atoms with Gasteiger partial charge in [-0.2, -0.15) is 13.2 Å². The van der Waals surface area contributed by atoms with Crippen molar-refractivity contribution < 1.29 is 35.9 Å². The third-order valence-corrected chi connectivity index (χ3v) is 7.32. The van der Waals surface area contributed by atoms with Crippen molar-refractivity contribution in [2.45, 2.75) is 58.3 Å². The van der Waals surface area contributed by atoms with Crippen LogP contribution in [0.1, 0.15) is 50.7 Å². The number of anilines is 1. The molecule has 2 aromatic rings. The lowest BCUT2D eigenvalue weighted by Crippen LogP contribution is -2.48. The molecular weight excluding hydrogens is 535 g/mol. The normalized spacial score (nSPS) is 12.5. The van der Waals surface area contributed by atoms with E-state index in [1.54, 1.807) is 31.2 Å². The van der Waals surface area contributed by atoms with E-state index in [4.69, 9.17) is 4.74 Å². The molecule has 0 unspecified atom stereocenters. The Balaban J connectivity index is 2.20. The highest BCUT2D eigenvalue weighted by molar-refractivity contribution is 7.92. The number of nitrogens with one attached hydrogen (secondary N) is 1. The number of rotatable bonds is 14. The van der Waals surface area contributed by atoms with Gasteiger partial charge < -0.3 is 15.0 Å². The maximum Gasteiger partial charge on any atom is 0.416 e. The zero-order chi connectivity index (χ0) is 29.2. The number of hydrogen-bond acceptors (Lipinski definition) is 5. The fourth-order valence-electron chi connectivity index (χ4n) is 3.89. The molecule has 0 saturated carbocycles. The Hall–Kier alpha value is -3.28. The Morgan fingerprint density at radius 2 is 1.74 bits per heavy atom. The fourth-order valence-corrected chi connectivity index (χ4v) is 4.84. The highest BCUT2D eigenvalue weighted by Gasteiger charge is 2.32. The third kappa shape index (κ3) is 9.76. The molecule has 8 nitrogen and oxygen atoms in total. The molecule has 0 aliphatic heterocycles. The largest absolute Gasteiger partial charge is 0.497 e. The zero-order valence-electron chi connectivity index (χ0n) is 22.6. The number of hydrogen-bond donors (Lipinski definition) is 1. The summed E-state index contributed by atoms with van der Waals surface area (Å²) in [4.78, 5) is 27.5. The van der Waals surface area contributed by atoms with E-state index in [1.807, 2.05) is 6.92 Å². The summed E-state index contributed by atoms with van der Waals surface area (Å²) in [5.74, 6) is -0.0639. The molecule has 0 bridgehead atoms. The molecule has 0 heterocycles. The first-order valence-electron chi connectivity index (χ1n) is 12.6. The van der Waals surface area contributed by atoms with Gasteiger partial charge in [0, 0.05) is 26.1 Å². The van der Waals surface area contributed by atoms with Crippen LogP contribution in [0.3, 0.4) is 0 Å². The van der Waals surface area contributed by atoms with Gasteiger partial charge in [-0.15, -0.1) is 0 Å². The molecule has 1 atom stereocenters. The molecule has 1 N–H and O–H groups in total. The van der Waals surface area contributed by atoms with Crippen molar-refractivity contribution in [1.82, 2.24) is 10.2 Å². The summed E-state index contributed by atoms with van der Waals surface area (Å²) < 4.78 is 70.4. The van der Waals surface area contributed by atoms with Crippen molar-refractivity contribution in [1.29, 1.82) is 0 Å². The van der Waals surface area contributed by atoms with Crippen LogP contribution in [0.2, 0.25) is 0 Å². The zero-order valence-corrected chi connectivity index (χ0v) is 23.4. The average Bonchev–Trinajstić information content (AvgIpc) is 2.88. The molecule has 216 valence electrons. The molecular formula is C27H36F3N3O5S. The molecule has 39 heavy (non-hydrogen) atoms. The van der Waals surface area contributed by atoms with Crippen molar-refractivity contribution in [2.75, 3.05) is 30.8 Å². The molecule has 2 amide bonds. The maximum absolute atomic E-state index is 13.3. The predicted molar refractivity (Wildman–Crippen MR) is 144 cm³/mol. The number of methoxy groups -OCH3 is 1. The van der Waals surface area contributed by atoms with Gasteiger partial charge in [-0.3, -0.25) is 13.9 Å². The number of amides is 2. The van der Waals surface area contributed by atoms with Crippen LogP contribution in [-0.4, -0.2) is 57.6 Å². The fraction of sp³-hybridized carbons (Fsp3) is 0.481. The van der Waals surface area contributed by atoms with Gasteiger partial charge in [-0.25, -0.2) is 8.42 Å². The van der Waals surface area contributed by atoms with Crippen LogP contribution in [0.5, 0.6) is 5.75 Å². The van der Waals surface area contributed by atoms with Crippen molar-refractivity contribution >= 4 is 27.5 Å². The quantitative estimate of drug-likeness (QED) is 0.335. The number of alkyl halides is 3. The monoisotopic (exact) mass is 571 g/mol. The van der Waals surface area contributed by atoms with Gasteiger partial charge >= 0.3 is 6.18 Å². The van der Waals surface area contributed by atoms with Crippen LogP contribution in [-0.2, 0) is 32.3 Å². The van der Waals surface area contributed by atoms with Crippen molar-refractivity contribution in [2.24, 2.45) is 0 Å². The van der Waals surface area contributed by atoms with Crippen LogP contribution in [0.25, 0.3) is 0 Å².